The average Bonchev–Trinajstić information content (AvgIpc) is 2.43. The van der Waals surface area contributed by atoms with E-state index in [9.17, 15) is 9.59 Å². The largest absolute Gasteiger partial charge is 0.399 e. The lowest BCUT2D eigenvalue weighted by Gasteiger charge is -2.17. The fraction of sp³-hybridized carbons (Fsp3) is 0.467. The fourth-order valence-corrected chi connectivity index (χ4v) is 1.82. The highest BCUT2D eigenvalue weighted by Crippen LogP contribution is 2.08. The van der Waals surface area contributed by atoms with Crippen LogP contribution in [-0.4, -0.2) is 50.6 Å². The molecular formula is C15H23N3O3. The number of rotatable bonds is 8. The van der Waals surface area contributed by atoms with Gasteiger partial charge in [0.1, 0.15) is 0 Å². The number of hydrogen-bond donors (Lipinski definition) is 2. The zero-order chi connectivity index (χ0) is 15.7. The van der Waals surface area contributed by atoms with Gasteiger partial charge < -0.3 is 20.7 Å². The Bertz CT molecular complexity index is 477. The summed E-state index contributed by atoms with van der Waals surface area (Å²) in [7, 11) is 3.23. The molecule has 6 heteroatoms. The highest BCUT2D eigenvalue weighted by molar-refractivity contribution is 5.85. The Morgan fingerprint density at radius 1 is 1.38 bits per heavy atom. The van der Waals surface area contributed by atoms with Crippen LogP contribution in [0, 0.1) is 0 Å². The quantitative estimate of drug-likeness (QED) is 0.537. The summed E-state index contributed by atoms with van der Waals surface area (Å²) in [5.74, 6) is -0.290. The molecule has 0 unspecified atom stereocenters. The number of nitrogens with two attached hydrogens (primary N) is 1. The Kier molecular flexibility index (Phi) is 7.25. The fourth-order valence-electron chi connectivity index (χ4n) is 1.82. The maximum Gasteiger partial charge on any atom is 0.239 e. The molecule has 0 heterocycles. The first-order valence-electron chi connectivity index (χ1n) is 6.87. The van der Waals surface area contributed by atoms with Crippen molar-refractivity contribution < 1.29 is 14.3 Å². The van der Waals surface area contributed by atoms with Crippen molar-refractivity contribution in [2.24, 2.45) is 0 Å². The summed E-state index contributed by atoms with van der Waals surface area (Å²) in [5.41, 5.74) is 7.14. The van der Waals surface area contributed by atoms with Crippen LogP contribution in [0.15, 0.2) is 24.3 Å². The molecule has 0 spiro atoms. The Morgan fingerprint density at radius 2 is 2.14 bits per heavy atom. The molecule has 1 aromatic rings. The predicted molar refractivity (Wildman–Crippen MR) is 81.7 cm³/mol. The third-order valence-corrected chi connectivity index (χ3v) is 2.96. The topological polar surface area (TPSA) is 84.7 Å². The summed E-state index contributed by atoms with van der Waals surface area (Å²) < 4.78 is 4.89. The Hall–Kier alpha value is -2.08. The second-order valence-corrected chi connectivity index (χ2v) is 4.87. The summed E-state index contributed by atoms with van der Waals surface area (Å²) in [6.07, 6.45) is 0.988. The minimum Gasteiger partial charge on any atom is -0.399 e. The smallest absolute Gasteiger partial charge is 0.239 e. The molecule has 0 aliphatic carbocycles. The molecule has 0 radical (unpaired) electrons. The SMILES string of the molecule is COCCCNC(=O)CN(C)C(=O)Cc1cccc(N)c1. The standard InChI is InChI=1S/C15H23N3O3/c1-18(11-14(19)17-7-4-8-21-2)15(20)10-12-5-3-6-13(16)9-12/h3,5-6,9H,4,7-8,10-11,16H2,1-2H3,(H,17,19). The number of hydrogen-bond acceptors (Lipinski definition) is 4. The van der Waals surface area contributed by atoms with Gasteiger partial charge >= 0.3 is 0 Å². The van der Waals surface area contributed by atoms with E-state index in [-0.39, 0.29) is 24.8 Å². The number of anilines is 1. The molecule has 0 saturated heterocycles. The summed E-state index contributed by atoms with van der Waals surface area (Å²) in [5, 5.41) is 2.74. The van der Waals surface area contributed by atoms with Crippen molar-refractivity contribution in [3.05, 3.63) is 29.8 Å². The lowest BCUT2D eigenvalue weighted by atomic mass is 10.1. The first-order chi connectivity index (χ1) is 10.0. The van der Waals surface area contributed by atoms with Crippen molar-refractivity contribution in [3.8, 4) is 0 Å². The van der Waals surface area contributed by atoms with Crippen molar-refractivity contribution in [3.63, 3.8) is 0 Å². The van der Waals surface area contributed by atoms with Crippen LogP contribution >= 0.6 is 0 Å². The monoisotopic (exact) mass is 293 g/mol. The van der Waals surface area contributed by atoms with Gasteiger partial charge in [-0.3, -0.25) is 9.59 Å². The van der Waals surface area contributed by atoms with E-state index in [4.69, 9.17) is 10.5 Å². The number of ether oxygens (including phenoxy) is 1. The molecular weight excluding hydrogens is 270 g/mol. The first kappa shape index (κ1) is 17.0. The average molecular weight is 293 g/mol. The van der Waals surface area contributed by atoms with E-state index in [0.29, 0.717) is 18.8 Å². The highest BCUT2D eigenvalue weighted by Gasteiger charge is 2.13. The molecule has 2 amide bonds. The van der Waals surface area contributed by atoms with Crippen molar-refractivity contribution in [1.82, 2.24) is 10.2 Å². The molecule has 116 valence electrons. The number of nitrogen functional groups attached to an aromatic ring is 1. The predicted octanol–water partition coefficient (Wildman–Crippen LogP) is 0.422. The number of nitrogens with zero attached hydrogens (tertiary/aromatic N) is 1. The van der Waals surface area contributed by atoms with Crippen LogP contribution in [0.25, 0.3) is 0 Å². The molecule has 0 aliphatic rings. The lowest BCUT2D eigenvalue weighted by Crippen LogP contribution is -2.39. The molecule has 3 N–H and O–H groups in total. The maximum absolute atomic E-state index is 12.0. The van der Waals surface area contributed by atoms with Gasteiger partial charge in [0.25, 0.3) is 0 Å². The van der Waals surface area contributed by atoms with Crippen LogP contribution in [0.5, 0.6) is 0 Å². The second kappa shape index (κ2) is 8.97. The highest BCUT2D eigenvalue weighted by atomic mass is 16.5. The van der Waals surface area contributed by atoms with E-state index in [0.717, 1.165) is 12.0 Å². The molecule has 0 bridgehead atoms. The van der Waals surface area contributed by atoms with Crippen LogP contribution in [-0.2, 0) is 20.7 Å². The number of amides is 2. The minimum atomic E-state index is -0.172. The zero-order valence-corrected chi connectivity index (χ0v) is 12.6. The van der Waals surface area contributed by atoms with E-state index in [1.165, 1.54) is 4.90 Å². The Morgan fingerprint density at radius 3 is 2.81 bits per heavy atom. The molecule has 0 saturated carbocycles. The lowest BCUT2D eigenvalue weighted by molar-refractivity contribution is -0.134. The van der Waals surface area contributed by atoms with E-state index in [1.807, 2.05) is 6.07 Å². The summed E-state index contributed by atoms with van der Waals surface area (Å²) in [6, 6.07) is 7.18. The van der Waals surface area contributed by atoms with Gasteiger partial charge in [0.2, 0.25) is 11.8 Å². The van der Waals surface area contributed by atoms with Crippen LogP contribution in [0.1, 0.15) is 12.0 Å². The van der Waals surface area contributed by atoms with Gasteiger partial charge in [0.15, 0.2) is 0 Å². The van der Waals surface area contributed by atoms with Gasteiger partial charge in [0.05, 0.1) is 13.0 Å². The van der Waals surface area contributed by atoms with Crippen LogP contribution in [0.3, 0.4) is 0 Å². The molecule has 1 rings (SSSR count). The third kappa shape index (κ3) is 6.76. The number of carbonyl (C=O) groups excluding carboxylic acids is 2. The Labute approximate surface area is 125 Å². The van der Waals surface area contributed by atoms with Gasteiger partial charge in [-0.2, -0.15) is 0 Å². The van der Waals surface area contributed by atoms with E-state index in [1.54, 1.807) is 32.4 Å². The molecule has 0 aromatic heterocycles. The van der Waals surface area contributed by atoms with Gasteiger partial charge in [-0.05, 0) is 24.1 Å². The molecule has 21 heavy (non-hydrogen) atoms. The van der Waals surface area contributed by atoms with Gasteiger partial charge in [-0.25, -0.2) is 0 Å². The van der Waals surface area contributed by atoms with Gasteiger partial charge in [-0.1, -0.05) is 12.1 Å². The van der Waals surface area contributed by atoms with Crippen molar-refractivity contribution in [1.29, 1.82) is 0 Å². The van der Waals surface area contributed by atoms with Gasteiger partial charge in [0, 0.05) is 33.0 Å². The molecule has 0 aliphatic heterocycles. The number of carbonyl (C=O) groups is 2. The molecule has 6 nitrogen and oxygen atoms in total. The maximum atomic E-state index is 12.0. The van der Waals surface area contributed by atoms with Crippen molar-refractivity contribution in [2.45, 2.75) is 12.8 Å². The number of methoxy groups -OCH3 is 1. The first-order valence-corrected chi connectivity index (χ1v) is 6.87. The molecule has 1 aromatic carbocycles. The van der Waals surface area contributed by atoms with Crippen LogP contribution in [0.2, 0.25) is 0 Å². The van der Waals surface area contributed by atoms with Crippen molar-refractivity contribution in [2.75, 3.05) is 39.6 Å². The van der Waals surface area contributed by atoms with E-state index < -0.39 is 0 Å². The molecule has 0 atom stereocenters. The normalized spacial score (nSPS) is 10.2. The summed E-state index contributed by atoms with van der Waals surface area (Å²) >= 11 is 0. The molecule has 0 fully saturated rings. The van der Waals surface area contributed by atoms with Crippen molar-refractivity contribution >= 4 is 17.5 Å². The third-order valence-electron chi connectivity index (χ3n) is 2.96. The minimum absolute atomic E-state index is 0.0497. The van der Waals surface area contributed by atoms with Crippen LogP contribution < -0.4 is 11.1 Å². The second-order valence-electron chi connectivity index (χ2n) is 4.87. The van der Waals surface area contributed by atoms with E-state index in [2.05, 4.69) is 5.32 Å². The van der Waals surface area contributed by atoms with Gasteiger partial charge in [-0.15, -0.1) is 0 Å². The number of likely N-dealkylation sites (N-methyl/N-ethyl adjacent to an activating group) is 1. The van der Waals surface area contributed by atoms with E-state index >= 15 is 0 Å². The summed E-state index contributed by atoms with van der Waals surface area (Å²) in [4.78, 5) is 25.1. The number of nitrogens with one attached hydrogen (secondary N) is 1. The zero-order valence-electron chi connectivity index (χ0n) is 12.6. The Balaban J connectivity index is 2.35. The van der Waals surface area contributed by atoms with Crippen LogP contribution in [0.4, 0.5) is 5.69 Å². The summed E-state index contributed by atoms with van der Waals surface area (Å²) in [6.45, 7) is 1.20. The number of benzene rings is 1.